The molecular weight excluding hydrogens is 334 g/mol. The molecule has 3 aromatic rings. The Morgan fingerprint density at radius 3 is 3.00 bits per heavy atom. The third-order valence-corrected chi connectivity index (χ3v) is 4.10. The molecule has 0 bridgehead atoms. The molecule has 116 valence electrons. The standard InChI is InChI=1S/C15H11N3O3S2/c19-13(8-21-14(20)5-4-10-6-7-22-9-10)16-11-2-1-3-12-15(11)18-23-17-12/h1-7,9H,8H2,(H,16,19)/b5-4+. The minimum absolute atomic E-state index is 0.360. The van der Waals surface area contributed by atoms with Gasteiger partial charge in [0.15, 0.2) is 6.61 Å². The van der Waals surface area contributed by atoms with Gasteiger partial charge in [0.05, 0.1) is 17.4 Å². The Morgan fingerprint density at radius 2 is 2.17 bits per heavy atom. The summed E-state index contributed by atoms with van der Waals surface area (Å²) in [6.45, 7) is -0.360. The van der Waals surface area contributed by atoms with Gasteiger partial charge in [-0.05, 0) is 40.6 Å². The van der Waals surface area contributed by atoms with E-state index in [2.05, 4.69) is 14.1 Å². The van der Waals surface area contributed by atoms with Gasteiger partial charge in [0, 0.05) is 6.08 Å². The van der Waals surface area contributed by atoms with Crippen LogP contribution in [0.1, 0.15) is 5.56 Å². The van der Waals surface area contributed by atoms with Crippen molar-refractivity contribution in [2.75, 3.05) is 11.9 Å². The molecule has 0 aliphatic carbocycles. The first kappa shape index (κ1) is 15.3. The van der Waals surface area contributed by atoms with Crippen LogP contribution in [-0.2, 0) is 14.3 Å². The lowest BCUT2D eigenvalue weighted by Crippen LogP contribution is -2.20. The summed E-state index contributed by atoms with van der Waals surface area (Å²) in [6, 6.07) is 7.18. The molecule has 8 heteroatoms. The normalized spacial score (nSPS) is 11.0. The molecule has 0 aliphatic rings. The molecule has 1 N–H and O–H groups in total. The van der Waals surface area contributed by atoms with E-state index >= 15 is 0 Å². The van der Waals surface area contributed by atoms with Gasteiger partial charge in [-0.3, -0.25) is 4.79 Å². The first-order chi connectivity index (χ1) is 11.2. The van der Waals surface area contributed by atoms with Crippen LogP contribution < -0.4 is 5.32 Å². The van der Waals surface area contributed by atoms with E-state index in [9.17, 15) is 9.59 Å². The van der Waals surface area contributed by atoms with E-state index < -0.39 is 11.9 Å². The van der Waals surface area contributed by atoms with E-state index in [0.717, 1.165) is 17.3 Å². The fraction of sp³-hybridized carbons (Fsp3) is 0.0667. The van der Waals surface area contributed by atoms with Crippen molar-refractivity contribution in [3.05, 3.63) is 46.7 Å². The van der Waals surface area contributed by atoms with Crippen LogP contribution in [0.2, 0.25) is 0 Å². The van der Waals surface area contributed by atoms with Crippen molar-refractivity contribution < 1.29 is 14.3 Å². The SMILES string of the molecule is O=C(COC(=O)/C=C/c1ccsc1)Nc1cccc2nsnc12. The van der Waals surface area contributed by atoms with Gasteiger partial charge < -0.3 is 10.1 Å². The van der Waals surface area contributed by atoms with E-state index in [1.807, 2.05) is 22.9 Å². The molecule has 2 heterocycles. The quantitative estimate of drug-likeness (QED) is 0.568. The molecule has 0 saturated heterocycles. The van der Waals surface area contributed by atoms with Gasteiger partial charge in [-0.2, -0.15) is 20.1 Å². The summed E-state index contributed by atoms with van der Waals surface area (Å²) in [5.41, 5.74) is 2.79. The number of thiophene rings is 1. The highest BCUT2D eigenvalue weighted by Crippen LogP contribution is 2.20. The lowest BCUT2D eigenvalue weighted by Gasteiger charge is -2.05. The van der Waals surface area contributed by atoms with Gasteiger partial charge in [0.2, 0.25) is 0 Å². The highest BCUT2D eigenvalue weighted by molar-refractivity contribution is 7.08. The Labute approximate surface area is 139 Å². The fourth-order valence-electron chi connectivity index (χ4n) is 1.81. The number of carbonyl (C=O) groups is 2. The summed E-state index contributed by atoms with van der Waals surface area (Å²) in [4.78, 5) is 23.4. The molecule has 23 heavy (non-hydrogen) atoms. The molecule has 0 unspecified atom stereocenters. The molecule has 1 aromatic carbocycles. The number of esters is 1. The lowest BCUT2D eigenvalue weighted by atomic mass is 10.2. The topological polar surface area (TPSA) is 81.2 Å². The van der Waals surface area contributed by atoms with Crippen molar-refractivity contribution in [2.45, 2.75) is 0 Å². The average molecular weight is 345 g/mol. The fourth-order valence-corrected chi connectivity index (χ4v) is 2.99. The van der Waals surface area contributed by atoms with Gasteiger partial charge in [-0.1, -0.05) is 6.07 Å². The van der Waals surface area contributed by atoms with Crippen LogP contribution >= 0.6 is 23.1 Å². The number of amides is 1. The molecule has 0 spiro atoms. The van der Waals surface area contributed by atoms with Gasteiger partial charge in [0.25, 0.3) is 5.91 Å². The van der Waals surface area contributed by atoms with Crippen molar-refractivity contribution in [1.29, 1.82) is 0 Å². The molecule has 0 radical (unpaired) electrons. The molecule has 0 aliphatic heterocycles. The summed E-state index contributed by atoms with van der Waals surface area (Å²) in [5, 5.41) is 6.47. The molecule has 0 saturated carbocycles. The largest absolute Gasteiger partial charge is 0.452 e. The maximum absolute atomic E-state index is 11.9. The second kappa shape index (κ2) is 7.12. The smallest absolute Gasteiger partial charge is 0.331 e. The third kappa shape index (κ3) is 3.99. The predicted octanol–water partition coefficient (Wildman–Crippen LogP) is 2.95. The van der Waals surface area contributed by atoms with E-state index in [-0.39, 0.29) is 6.61 Å². The average Bonchev–Trinajstić information content (AvgIpc) is 3.22. The summed E-state index contributed by atoms with van der Waals surface area (Å²) in [7, 11) is 0. The van der Waals surface area contributed by atoms with Crippen LogP contribution in [0.3, 0.4) is 0 Å². The number of carbonyl (C=O) groups excluding carboxylic acids is 2. The second-order valence-electron chi connectivity index (χ2n) is 4.48. The zero-order chi connectivity index (χ0) is 16.1. The van der Waals surface area contributed by atoms with Gasteiger partial charge in [0.1, 0.15) is 11.0 Å². The van der Waals surface area contributed by atoms with E-state index in [4.69, 9.17) is 4.74 Å². The first-order valence-corrected chi connectivity index (χ1v) is 8.28. The van der Waals surface area contributed by atoms with Crippen LogP contribution in [0.25, 0.3) is 17.1 Å². The number of ether oxygens (including phenoxy) is 1. The van der Waals surface area contributed by atoms with Gasteiger partial charge in [-0.25, -0.2) is 4.79 Å². The first-order valence-electron chi connectivity index (χ1n) is 6.60. The molecular formula is C15H11N3O3S2. The van der Waals surface area contributed by atoms with Crippen molar-refractivity contribution in [2.24, 2.45) is 0 Å². The monoisotopic (exact) mass is 345 g/mol. The molecule has 1 amide bonds. The predicted molar refractivity (Wildman–Crippen MR) is 90.4 cm³/mol. The summed E-state index contributed by atoms with van der Waals surface area (Å²) in [5.74, 6) is -0.998. The van der Waals surface area contributed by atoms with Crippen LogP contribution in [0.5, 0.6) is 0 Å². The Kier molecular flexibility index (Phi) is 4.74. The highest BCUT2D eigenvalue weighted by Gasteiger charge is 2.10. The summed E-state index contributed by atoms with van der Waals surface area (Å²) >= 11 is 2.61. The zero-order valence-electron chi connectivity index (χ0n) is 11.8. The number of hydrogen-bond acceptors (Lipinski definition) is 7. The van der Waals surface area contributed by atoms with Crippen molar-refractivity contribution in [1.82, 2.24) is 8.75 Å². The highest BCUT2D eigenvalue weighted by atomic mass is 32.1. The summed E-state index contributed by atoms with van der Waals surface area (Å²) in [6.07, 6.45) is 2.93. The van der Waals surface area contributed by atoms with Crippen LogP contribution in [0, 0.1) is 0 Å². The van der Waals surface area contributed by atoms with Gasteiger partial charge >= 0.3 is 5.97 Å². The Hall–Kier alpha value is -2.58. The number of fused-ring (bicyclic) bond motifs is 1. The lowest BCUT2D eigenvalue weighted by molar-refractivity contribution is -0.142. The van der Waals surface area contributed by atoms with E-state index in [1.54, 1.807) is 18.2 Å². The third-order valence-electron chi connectivity index (χ3n) is 2.86. The molecule has 6 nitrogen and oxygen atoms in total. The number of nitrogens with zero attached hydrogens (tertiary/aromatic N) is 2. The summed E-state index contributed by atoms with van der Waals surface area (Å²) < 4.78 is 13.1. The maximum atomic E-state index is 11.9. The van der Waals surface area contributed by atoms with Crippen molar-refractivity contribution in [3.63, 3.8) is 0 Å². The van der Waals surface area contributed by atoms with Gasteiger partial charge in [-0.15, -0.1) is 0 Å². The Bertz CT molecular complexity index is 856. The molecule has 2 aromatic heterocycles. The number of hydrogen-bond donors (Lipinski definition) is 1. The molecule has 3 rings (SSSR count). The number of anilines is 1. The minimum atomic E-state index is -0.570. The number of benzene rings is 1. The van der Waals surface area contributed by atoms with Crippen LogP contribution in [-0.4, -0.2) is 27.2 Å². The Balaban J connectivity index is 1.53. The maximum Gasteiger partial charge on any atom is 0.331 e. The molecule has 0 atom stereocenters. The van der Waals surface area contributed by atoms with E-state index in [1.165, 1.54) is 17.4 Å². The number of nitrogens with one attached hydrogen (secondary N) is 1. The van der Waals surface area contributed by atoms with Crippen molar-refractivity contribution >= 4 is 57.7 Å². The minimum Gasteiger partial charge on any atom is -0.452 e. The van der Waals surface area contributed by atoms with Crippen LogP contribution in [0.15, 0.2) is 41.1 Å². The zero-order valence-corrected chi connectivity index (χ0v) is 13.4. The number of rotatable bonds is 5. The van der Waals surface area contributed by atoms with Crippen molar-refractivity contribution in [3.8, 4) is 0 Å². The van der Waals surface area contributed by atoms with E-state index in [0.29, 0.717) is 16.7 Å². The molecule has 0 fully saturated rings. The van der Waals surface area contributed by atoms with Crippen LogP contribution in [0.4, 0.5) is 5.69 Å². The second-order valence-corrected chi connectivity index (χ2v) is 5.79. The number of aromatic nitrogens is 2. The Morgan fingerprint density at radius 1 is 1.26 bits per heavy atom.